The molecule has 1 aliphatic heterocycles. The smallest absolute Gasteiger partial charge is 0.278 e. The molecule has 1 fully saturated rings. The predicted octanol–water partition coefficient (Wildman–Crippen LogP) is 1.40. The van der Waals surface area contributed by atoms with Crippen LogP contribution in [-0.4, -0.2) is 40.5 Å². The molecule has 1 aromatic heterocycles. The van der Waals surface area contributed by atoms with Crippen LogP contribution in [0.2, 0.25) is 0 Å². The summed E-state index contributed by atoms with van der Waals surface area (Å²) >= 11 is 0. The molecule has 2 rings (SSSR count). The molecular weight excluding hydrogens is 244 g/mol. The van der Waals surface area contributed by atoms with E-state index in [1.165, 1.54) is 0 Å². The van der Waals surface area contributed by atoms with Gasteiger partial charge in [0.05, 0.1) is 10.6 Å². The molecule has 1 saturated heterocycles. The van der Waals surface area contributed by atoms with E-state index in [0.717, 1.165) is 25.3 Å². The lowest BCUT2D eigenvalue weighted by molar-refractivity contribution is -0.386. The molecule has 1 atom stereocenters. The van der Waals surface area contributed by atoms with Crippen molar-refractivity contribution >= 4 is 5.69 Å². The molecular formula is C13H20N4O2. The molecule has 0 radical (unpaired) electrons. The number of rotatable bonds is 3. The highest BCUT2D eigenvalue weighted by molar-refractivity contribution is 5.47. The maximum Gasteiger partial charge on any atom is 0.278 e. The fourth-order valence-electron chi connectivity index (χ4n) is 2.57. The third-order valence-corrected chi connectivity index (χ3v) is 3.58. The van der Waals surface area contributed by atoms with Gasteiger partial charge in [0, 0.05) is 49.5 Å². The Morgan fingerprint density at radius 1 is 1.58 bits per heavy atom. The molecule has 1 aromatic rings. The molecule has 0 saturated carbocycles. The highest BCUT2D eigenvalue weighted by atomic mass is 16.6. The van der Waals surface area contributed by atoms with Crippen LogP contribution >= 0.6 is 0 Å². The van der Waals surface area contributed by atoms with Crippen molar-refractivity contribution < 1.29 is 4.92 Å². The van der Waals surface area contributed by atoms with E-state index in [-0.39, 0.29) is 10.6 Å². The Bertz CT molecular complexity index is 490. The fourth-order valence-corrected chi connectivity index (χ4v) is 2.57. The van der Waals surface area contributed by atoms with Crippen molar-refractivity contribution in [2.24, 2.45) is 0 Å². The summed E-state index contributed by atoms with van der Waals surface area (Å²) in [5.41, 5.74) is 2.33. The number of piperazine rings is 1. The number of nitrogens with zero attached hydrogens (tertiary/aromatic N) is 3. The lowest BCUT2D eigenvalue weighted by Crippen LogP contribution is -2.48. The lowest BCUT2D eigenvalue weighted by atomic mass is 10.1. The summed E-state index contributed by atoms with van der Waals surface area (Å²) in [4.78, 5) is 17.4. The van der Waals surface area contributed by atoms with E-state index >= 15 is 0 Å². The lowest BCUT2D eigenvalue weighted by Gasteiger charge is -2.31. The first-order valence-electron chi connectivity index (χ1n) is 6.54. The zero-order chi connectivity index (χ0) is 14.0. The van der Waals surface area contributed by atoms with Gasteiger partial charge in [-0.25, -0.2) is 0 Å². The average molecular weight is 264 g/mol. The zero-order valence-electron chi connectivity index (χ0n) is 11.6. The minimum absolute atomic E-state index is 0.202. The van der Waals surface area contributed by atoms with Gasteiger partial charge in [-0.1, -0.05) is 0 Å². The van der Waals surface area contributed by atoms with E-state index in [1.54, 1.807) is 20.0 Å². The van der Waals surface area contributed by atoms with Crippen LogP contribution in [0.15, 0.2) is 6.20 Å². The Morgan fingerprint density at radius 3 is 2.95 bits per heavy atom. The summed E-state index contributed by atoms with van der Waals surface area (Å²) in [6.07, 6.45) is 1.60. The first-order chi connectivity index (χ1) is 8.99. The molecule has 1 aliphatic rings. The minimum Gasteiger partial charge on any atom is -0.312 e. The Kier molecular flexibility index (Phi) is 4.11. The van der Waals surface area contributed by atoms with E-state index in [9.17, 15) is 10.1 Å². The molecule has 1 N–H and O–H groups in total. The standard InChI is InChI=1S/C13H20N4O2/c1-9-6-15-12(11(3)13(9)17(18)19)8-16-5-4-14-10(2)7-16/h6,10,14H,4-5,7-8H2,1-3H3/t10-/m0/s1. The van der Waals surface area contributed by atoms with Gasteiger partial charge >= 0.3 is 0 Å². The van der Waals surface area contributed by atoms with Gasteiger partial charge in [0.25, 0.3) is 5.69 Å². The van der Waals surface area contributed by atoms with Crippen molar-refractivity contribution in [1.29, 1.82) is 0 Å². The van der Waals surface area contributed by atoms with Crippen LogP contribution in [0.3, 0.4) is 0 Å². The first-order valence-corrected chi connectivity index (χ1v) is 6.54. The number of pyridine rings is 1. The third-order valence-electron chi connectivity index (χ3n) is 3.58. The molecule has 0 unspecified atom stereocenters. The summed E-state index contributed by atoms with van der Waals surface area (Å²) < 4.78 is 0. The van der Waals surface area contributed by atoms with Crippen molar-refractivity contribution in [3.8, 4) is 0 Å². The Hall–Kier alpha value is -1.53. The highest BCUT2D eigenvalue weighted by Crippen LogP contribution is 2.24. The Morgan fingerprint density at radius 2 is 2.32 bits per heavy atom. The summed E-state index contributed by atoms with van der Waals surface area (Å²) in [6.45, 7) is 9.20. The van der Waals surface area contributed by atoms with Crippen LogP contribution in [0.25, 0.3) is 0 Å². The van der Waals surface area contributed by atoms with Crippen molar-refractivity contribution in [3.63, 3.8) is 0 Å². The number of hydrogen-bond acceptors (Lipinski definition) is 5. The van der Waals surface area contributed by atoms with Crippen molar-refractivity contribution in [1.82, 2.24) is 15.2 Å². The van der Waals surface area contributed by atoms with Crippen molar-refractivity contribution in [2.75, 3.05) is 19.6 Å². The van der Waals surface area contributed by atoms with Crippen LogP contribution in [0, 0.1) is 24.0 Å². The van der Waals surface area contributed by atoms with Gasteiger partial charge in [0.1, 0.15) is 0 Å². The molecule has 0 spiro atoms. The summed E-state index contributed by atoms with van der Waals surface area (Å²) in [6, 6.07) is 0.453. The van der Waals surface area contributed by atoms with Crippen molar-refractivity contribution in [2.45, 2.75) is 33.4 Å². The van der Waals surface area contributed by atoms with Gasteiger partial charge in [-0.3, -0.25) is 20.0 Å². The molecule has 0 aromatic carbocycles. The van der Waals surface area contributed by atoms with Crippen LogP contribution in [0.1, 0.15) is 23.7 Å². The number of nitrogens with one attached hydrogen (secondary N) is 1. The van der Waals surface area contributed by atoms with E-state index in [0.29, 0.717) is 23.7 Å². The molecule has 0 aliphatic carbocycles. The second-order valence-electron chi connectivity index (χ2n) is 5.21. The van der Waals surface area contributed by atoms with E-state index in [2.05, 4.69) is 22.1 Å². The molecule has 0 amide bonds. The predicted molar refractivity (Wildman–Crippen MR) is 73.1 cm³/mol. The molecule has 6 heteroatoms. The molecule has 2 heterocycles. The van der Waals surface area contributed by atoms with Gasteiger partial charge in [-0.05, 0) is 20.8 Å². The van der Waals surface area contributed by atoms with Crippen LogP contribution in [0.5, 0.6) is 0 Å². The van der Waals surface area contributed by atoms with E-state index in [1.807, 2.05) is 0 Å². The van der Waals surface area contributed by atoms with E-state index < -0.39 is 0 Å². The highest BCUT2D eigenvalue weighted by Gasteiger charge is 2.22. The van der Waals surface area contributed by atoms with Crippen LogP contribution < -0.4 is 5.32 Å². The van der Waals surface area contributed by atoms with E-state index in [4.69, 9.17) is 0 Å². The van der Waals surface area contributed by atoms with Gasteiger partial charge in [0.15, 0.2) is 0 Å². The molecule has 0 bridgehead atoms. The second-order valence-corrected chi connectivity index (χ2v) is 5.21. The largest absolute Gasteiger partial charge is 0.312 e. The van der Waals surface area contributed by atoms with Gasteiger partial charge in [-0.15, -0.1) is 0 Å². The zero-order valence-corrected chi connectivity index (χ0v) is 11.6. The van der Waals surface area contributed by atoms with Gasteiger partial charge in [0.2, 0.25) is 0 Å². The first kappa shape index (κ1) is 13.9. The minimum atomic E-state index is -0.309. The fraction of sp³-hybridized carbons (Fsp3) is 0.615. The van der Waals surface area contributed by atoms with Crippen molar-refractivity contribution in [3.05, 3.63) is 33.1 Å². The summed E-state index contributed by atoms with van der Waals surface area (Å²) in [5, 5.41) is 14.5. The number of hydrogen-bond donors (Lipinski definition) is 1. The Balaban J connectivity index is 2.21. The second kappa shape index (κ2) is 5.63. The summed E-state index contributed by atoms with van der Waals surface area (Å²) in [5.74, 6) is 0. The number of nitro groups is 1. The van der Waals surface area contributed by atoms with Gasteiger partial charge in [-0.2, -0.15) is 0 Å². The molecule has 6 nitrogen and oxygen atoms in total. The summed E-state index contributed by atoms with van der Waals surface area (Å²) in [7, 11) is 0. The monoisotopic (exact) mass is 264 g/mol. The maximum absolute atomic E-state index is 11.1. The maximum atomic E-state index is 11.1. The van der Waals surface area contributed by atoms with Crippen LogP contribution in [-0.2, 0) is 6.54 Å². The average Bonchev–Trinajstić information content (AvgIpc) is 2.32. The third kappa shape index (κ3) is 3.08. The van der Waals surface area contributed by atoms with Crippen LogP contribution in [0.4, 0.5) is 5.69 Å². The number of aromatic nitrogens is 1. The number of aryl methyl sites for hydroxylation is 1. The normalized spacial score (nSPS) is 20.5. The topological polar surface area (TPSA) is 71.3 Å². The SMILES string of the molecule is Cc1cnc(CN2CCN[C@@H](C)C2)c(C)c1[N+](=O)[O-]. The molecule has 19 heavy (non-hydrogen) atoms. The van der Waals surface area contributed by atoms with Gasteiger partial charge < -0.3 is 5.32 Å². The Labute approximate surface area is 113 Å². The quantitative estimate of drug-likeness (QED) is 0.660. The molecule has 104 valence electrons.